The summed E-state index contributed by atoms with van der Waals surface area (Å²) >= 11 is 0.248. The Bertz CT molecular complexity index is 1820. The highest BCUT2D eigenvalue weighted by molar-refractivity contribution is 7.91. The van der Waals surface area contributed by atoms with E-state index in [0.717, 1.165) is 17.4 Å². The van der Waals surface area contributed by atoms with Crippen LogP contribution in [0.25, 0.3) is 27.3 Å². The molecule has 11 nitrogen and oxygen atoms in total. The Morgan fingerprint density at radius 3 is 2.65 bits per heavy atom. The van der Waals surface area contributed by atoms with Crippen molar-refractivity contribution in [2.45, 2.75) is 25.5 Å². The van der Waals surface area contributed by atoms with Crippen LogP contribution in [0.1, 0.15) is 12.8 Å². The van der Waals surface area contributed by atoms with Gasteiger partial charge in [-0.25, -0.2) is 8.78 Å². The molecular formula is C28H29F2N7O4S2. The first kappa shape index (κ1) is 28.1. The van der Waals surface area contributed by atoms with E-state index in [9.17, 15) is 18.1 Å². The van der Waals surface area contributed by atoms with Gasteiger partial charge in [-0.05, 0) is 18.2 Å². The van der Waals surface area contributed by atoms with E-state index in [4.69, 9.17) is 14.9 Å². The number of rotatable bonds is 7. The monoisotopic (exact) mass is 629 g/mol. The van der Waals surface area contributed by atoms with Gasteiger partial charge in [0.1, 0.15) is 33.8 Å². The van der Waals surface area contributed by atoms with E-state index in [1.807, 2.05) is 11.0 Å². The van der Waals surface area contributed by atoms with Gasteiger partial charge in [0.15, 0.2) is 23.0 Å². The molecule has 2 saturated heterocycles. The second-order valence-corrected chi connectivity index (χ2v) is 13.3. The molecule has 6 heterocycles. The molecule has 0 unspecified atom stereocenters. The number of nitrogen functional groups attached to an aromatic ring is 1. The van der Waals surface area contributed by atoms with Gasteiger partial charge in [0.25, 0.3) is 0 Å². The normalized spacial score (nSPS) is 19.9. The van der Waals surface area contributed by atoms with Crippen LogP contribution in [-0.4, -0.2) is 79.0 Å². The molecule has 0 amide bonds. The molecule has 1 aromatic carbocycles. The number of nitrogens with two attached hydrogens (primary N) is 1. The number of furan rings is 1. The third-order valence-electron chi connectivity index (χ3n) is 8.00. The first-order chi connectivity index (χ1) is 20.8. The molecular weight excluding hydrogens is 600 g/mol. The standard InChI is InChI=1S/C28H29F2N7O4S2/c29-18-14-19(30)24(41-17-3-12-43(39)13-4-17)16-21(18)35-8-5-34(6-9-35)7-10-36-26-25(42-28(36)38)22-15-20(23-2-1-11-40-23)33-37(22)27(31)32-26/h1-2,11,14-17H,3-10,12-13H2,(H2,31,32)/t17-,43-. The number of fused-ring (bicyclic) bond motifs is 3. The summed E-state index contributed by atoms with van der Waals surface area (Å²) in [5, 5.41) is 4.49. The molecule has 0 saturated carbocycles. The number of aromatic nitrogens is 4. The summed E-state index contributed by atoms with van der Waals surface area (Å²) in [6.07, 6.45) is 2.51. The third kappa shape index (κ3) is 5.46. The summed E-state index contributed by atoms with van der Waals surface area (Å²) in [5.74, 6) is 0.470. The molecule has 0 aliphatic carbocycles. The van der Waals surface area contributed by atoms with Crippen LogP contribution in [0.2, 0.25) is 0 Å². The maximum Gasteiger partial charge on any atom is 0.309 e. The first-order valence-corrected chi connectivity index (χ1v) is 16.3. The Hall–Kier alpha value is -3.66. The van der Waals surface area contributed by atoms with Gasteiger partial charge in [-0.15, -0.1) is 0 Å². The second-order valence-electron chi connectivity index (χ2n) is 10.7. The summed E-state index contributed by atoms with van der Waals surface area (Å²) in [4.78, 5) is 21.5. The molecule has 2 aliphatic heterocycles. The van der Waals surface area contributed by atoms with Crippen molar-refractivity contribution in [1.82, 2.24) is 24.1 Å². The summed E-state index contributed by atoms with van der Waals surface area (Å²) in [6, 6.07) is 7.72. The van der Waals surface area contributed by atoms with Gasteiger partial charge in [-0.3, -0.25) is 14.3 Å². The van der Waals surface area contributed by atoms with E-state index >= 15 is 0 Å². The largest absolute Gasteiger partial charge is 0.616 e. The zero-order valence-corrected chi connectivity index (χ0v) is 24.7. The van der Waals surface area contributed by atoms with E-state index in [1.54, 1.807) is 23.0 Å². The predicted octanol–water partition coefficient (Wildman–Crippen LogP) is 3.34. The van der Waals surface area contributed by atoms with E-state index in [0.29, 0.717) is 96.6 Å². The molecule has 0 spiro atoms. The molecule has 2 N–H and O–H groups in total. The molecule has 7 rings (SSSR count). The van der Waals surface area contributed by atoms with E-state index in [-0.39, 0.29) is 22.7 Å². The van der Waals surface area contributed by atoms with Crippen molar-refractivity contribution in [3.05, 3.63) is 57.9 Å². The molecule has 4 aromatic heterocycles. The summed E-state index contributed by atoms with van der Waals surface area (Å²) in [5.41, 5.74) is 8.32. The Balaban J connectivity index is 1.03. The maximum atomic E-state index is 14.8. The van der Waals surface area contributed by atoms with Crippen molar-refractivity contribution in [1.29, 1.82) is 0 Å². The number of thiazole rings is 1. The highest BCUT2D eigenvalue weighted by atomic mass is 32.2. The lowest BCUT2D eigenvalue weighted by Gasteiger charge is -2.36. The lowest BCUT2D eigenvalue weighted by Crippen LogP contribution is -2.47. The average Bonchev–Trinajstić information content (AvgIpc) is 3.75. The Morgan fingerprint density at radius 2 is 1.91 bits per heavy atom. The third-order valence-corrected chi connectivity index (χ3v) is 10.4. The SMILES string of the molecule is Nc1nc2c(sc(=O)n2CCN2CCN(c3cc(O[C@H]4CC[S@+]([O-])CC4)c(F)cc3F)CC2)c2cc(-c3ccco3)nn12. The summed E-state index contributed by atoms with van der Waals surface area (Å²) in [6.45, 7) is 3.32. The first-order valence-electron chi connectivity index (χ1n) is 14.0. The van der Waals surface area contributed by atoms with E-state index < -0.39 is 22.8 Å². The molecule has 0 bridgehead atoms. The van der Waals surface area contributed by atoms with Crippen molar-refractivity contribution < 1.29 is 22.5 Å². The molecule has 0 radical (unpaired) electrons. The molecule has 2 aliphatic rings. The number of piperazine rings is 1. The Morgan fingerprint density at radius 1 is 1.12 bits per heavy atom. The number of anilines is 2. The lowest BCUT2D eigenvalue weighted by atomic mass is 10.2. The minimum Gasteiger partial charge on any atom is -0.616 e. The quantitative estimate of drug-likeness (QED) is 0.270. The van der Waals surface area contributed by atoms with Crippen LogP contribution in [0.3, 0.4) is 0 Å². The number of nitrogens with zero attached hydrogens (tertiary/aromatic N) is 6. The second kappa shape index (κ2) is 11.4. The molecule has 2 fully saturated rings. The minimum atomic E-state index is -0.852. The van der Waals surface area contributed by atoms with Crippen LogP contribution < -0.4 is 20.2 Å². The highest BCUT2D eigenvalue weighted by Crippen LogP contribution is 2.32. The fourth-order valence-corrected chi connectivity index (χ4v) is 7.88. The van der Waals surface area contributed by atoms with Crippen molar-refractivity contribution in [3.63, 3.8) is 0 Å². The van der Waals surface area contributed by atoms with Crippen LogP contribution in [0.4, 0.5) is 20.4 Å². The lowest BCUT2D eigenvalue weighted by molar-refractivity contribution is 0.181. The average molecular weight is 630 g/mol. The van der Waals surface area contributed by atoms with Gasteiger partial charge in [-0.2, -0.15) is 14.6 Å². The Labute approximate surface area is 251 Å². The van der Waals surface area contributed by atoms with Crippen molar-refractivity contribution >= 4 is 50.0 Å². The molecule has 226 valence electrons. The van der Waals surface area contributed by atoms with Crippen molar-refractivity contribution in [3.8, 4) is 17.2 Å². The maximum absolute atomic E-state index is 14.8. The van der Waals surface area contributed by atoms with Gasteiger partial charge >= 0.3 is 4.87 Å². The van der Waals surface area contributed by atoms with Crippen molar-refractivity contribution in [2.75, 3.05) is 54.9 Å². The van der Waals surface area contributed by atoms with Crippen LogP contribution >= 0.6 is 11.3 Å². The Kier molecular flexibility index (Phi) is 7.49. The van der Waals surface area contributed by atoms with Gasteiger partial charge < -0.3 is 24.3 Å². The topological polar surface area (TPSA) is 130 Å². The highest BCUT2D eigenvalue weighted by Gasteiger charge is 2.27. The minimum absolute atomic E-state index is 0.0237. The smallest absolute Gasteiger partial charge is 0.309 e. The number of ether oxygens (including phenoxy) is 1. The van der Waals surface area contributed by atoms with Crippen LogP contribution in [0, 0.1) is 11.6 Å². The zero-order valence-electron chi connectivity index (χ0n) is 23.1. The van der Waals surface area contributed by atoms with Gasteiger partial charge in [0.05, 0.1) is 17.5 Å². The number of hydrogen-bond donors (Lipinski definition) is 1. The molecule has 15 heteroatoms. The van der Waals surface area contributed by atoms with E-state index in [2.05, 4.69) is 15.0 Å². The molecule has 43 heavy (non-hydrogen) atoms. The van der Waals surface area contributed by atoms with Gasteiger partial charge in [0.2, 0.25) is 5.95 Å². The zero-order chi connectivity index (χ0) is 29.7. The van der Waals surface area contributed by atoms with Crippen LogP contribution in [0.15, 0.2) is 45.8 Å². The van der Waals surface area contributed by atoms with Gasteiger partial charge in [-0.1, -0.05) is 22.5 Å². The summed E-state index contributed by atoms with van der Waals surface area (Å²) in [7, 11) is 0. The fraction of sp³-hybridized carbons (Fsp3) is 0.393. The fourth-order valence-electron chi connectivity index (χ4n) is 5.66. The molecule has 0 atom stereocenters. The number of benzene rings is 1. The van der Waals surface area contributed by atoms with E-state index in [1.165, 1.54) is 10.6 Å². The van der Waals surface area contributed by atoms with Crippen LogP contribution in [-0.2, 0) is 17.7 Å². The summed E-state index contributed by atoms with van der Waals surface area (Å²) < 4.78 is 56.2. The van der Waals surface area contributed by atoms with Gasteiger partial charge in [0, 0.05) is 64.2 Å². The van der Waals surface area contributed by atoms with Crippen LogP contribution in [0.5, 0.6) is 5.75 Å². The van der Waals surface area contributed by atoms with Crippen molar-refractivity contribution in [2.24, 2.45) is 0 Å². The predicted molar refractivity (Wildman–Crippen MR) is 161 cm³/mol. The number of halogens is 2. The molecule has 5 aromatic rings. The number of hydrogen-bond acceptors (Lipinski definition) is 10.